The molecule has 0 amide bonds. The number of ether oxygens (including phenoxy) is 2. The minimum absolute atomic E-state index is 0.225. The minimum Gasteiger partial charge on any atom is -0.468 e. The monoisotopic (exact) mass is 401 g/mol. The van der Waals surface area contributed by atoms with E-state index in [9.17, 15) is 9.59 Å². The van der Waals surface area contributed by atoms with Crippen LogP contribution in [0.5, 0.6) is 0 Å². The molecule has 1 heterocycles. The van der Waals surface area contributed by atoms with Crippen molar-refractivity contribution in [2.24, 2.45) is 0 Å². The van der Waals surface area contributed by atoms with Crippen LogP contribution in [-0.4, -0.2) is 112 Å². The summed E-state index contributed by atoms with van der Waals surface area (Å²) >= 11 is 0. The lowest BCUT2D eigenvalue weighted by atomic mass is 9.87. The zero-order valence-electron chi connectivity index (χ0n) is 17.4. The maximum atomic E-state index is 12.0. The van der Waals surface area contributed by atoms with Crippen molar-refractivity contribution in [2.75, 3.05) is 73.7 Å². The van der Waals surface area contributed by atoms with Gasteiger partial charge in [0.05, 0.1) is 41.0 Å². The van der Waals surface area contributed by atoms with Gasteiger partial charge in [-0.3, -0.25) is 24.3 Å². The standard InChI is InChI=1S/C19H35N3O6/c1-25-18(23)14-20-8-10-21(12-13-28-27-3)16-6-4-5-7-17(16)22(11-9-20)15-19(24)26-2/h16-17H,4-15H2,1-3H3. The molecule has 0 radical (unpaired) electrons. The van der Waals surface area contributed by atoms with Crippen molar-refractivity contribution in [2.45, 2.75) is 37.8 Å². The average Bonchev–Trinajstić information content (AvgIpc) is 2.78. The number of esters is 2. The predicted octanol–water partition coefficient (Wildman–Crippen LogP) is 0.141. The minimum atomic E-state index is -0.245. The van der Waals surface area contributed by atoms with E-state index in [2.05, 4.69) is 14.7 Å². The van der Waals surface area contributed by atoms with E-state index < -0.39 is 0 Å². The zero-order valence-corrected chi connectivity index (χ0v) is 17.4. The lowest BCUT2D eigenvalue weighted by Crippen LogP contribution is -2.55. The van der Waals surface area contributed by atoms with Gasteiger partial charge in [-0.1, -0.05) is 12.8 Å². The Hall–Kier alpha value is -1.26. The van der Waals surface area contributed by atoms with Crippen LogP contribution in [0.1, 0.15) is 25.7 Å². The predicted molar refractivity (Wildman–Crippen MR) is 103 cm³/mol. The Labute approximate surface area is 167 Å². The van der Waals surface area contributed by atoms with Gasteiger partial charge < -0.3 is 9.47 Å². The van der Waals surface area contributed by atoms with E-state index in [0.717, 1.165) is 45.4 Å². The summed E-state index contributed by atoms with van der Waals surface area (Å²) in [5.74, 6) is -0.470. The third kappa shape index (κ3) is 6.97. The molecule has 2 rings (SSSR count). The van der Waals surface area contributed by atoms with Gasteiger partial charge >= 0.3 is 11.9 Å². The Kier molecular flexibility index (Phi) is 10.1. The Morgan fingerprint density at radius 2 is 1.39 bits per heavy atom. The number of fused-ring (bicyclic) bond motifs is 1. The third-order valence-electron chi connectivity index (χ3n) is 5.76. The number of carbonyl (C=O) groups excluding carboxylic acids is 2. The molecular formula is C19H35N3O6. The van der Waals surface area contributed by atoms with Crippen LogP contribution in [0.3, 0.4) is 0 Å². The Balaban J connectivity index is 2.18. The fourth-order valence-corrected chi connectivity index (χ4v) is 4.27. The highest BCUT2D eigenvalue weighted by Gasteiger charge is 2.36. The second-order valence-electron chi connectivity index (χ2n) is 7.34. The lowest BCUT2D eigenvalue weighted by molar-refractivity contribution is -0.274. The molecule has 0 spiro atoms. The summed E-state index contributed by atoms with van der Waals surface area (Å²) in [6.45, 7) is 4.76. The van der Waals surface area contributed by atoms with Crippen LogP contribution in [0, 0.1) is 0 Å². The first-order valence-electron chi connectivity index (χ1n) is 10.1. The molecule has 0 aromatic heterocycles. The SMILES string of the molecule is COOCCN1CCN(CC(=O)OC)CCN(CC(=O)OC)C2CCCCC21. The van der Waals surface area contributed by atoms with Gasteiger partial charge in [-0.15, -0.1) is 0 Å². The number of rotatable bonds is 8. The molecule has 9 nitrogen and oxygen atoms in total. The molecule has 1 saturated heterocycles. The van der Waals surface area contributed by atoms with E-state index in [1.165, 1.54) is 27.8 Å². The average molecular weight is 402 g/mol. The van der Waals surface area contributed by atoms with Gasteiger partial charge in [0.25, 0.3) is 0 Å². The molecule has 0 N–H and O–H groups in total. The molecule has 2 aliphatic rings. The largest absolute Gasteiger partial charge is 0.468 e. The summed E-state index contributed by atoms with van der Waals surface area (Å²) in [6.07, 6.45) is 4.49. The molecule has 162 valence electrons. The van der Waals surface area contributed by atoms with Gasteiger partial charge in [-0.2, -0.15) is 0 Å². The summed E-state index contributed by atoms with van der Waals surface area (Å²) in [6, 6.07) is 0.630. The van der Waals surface area contributed by atoms with Gasteiger partial charge in [0.15, 0.2) is 0 Å². The number of methoxy groups -OCH3 is 2. The van der Waals surface area contributed by atoms with Crippen LogP contribution in [0.2, 0.25) is 0 Å². The first-order valence-corrected chi connectivity index (χ1v) is 10.1. The van der Waals surface area contributed by atoms with E-state index in [1.54, 1.807) is 0 Å². The summed E-state index contributed by atoms with van der Waals surface area (Å²) in [5.41, 5.74) is 0. The number of carbonyl (C=O) groups is 2. The molecule has 2 fully saturated rings. The smallest absolute Gasteiger partial charge is 0.319 e. The zero-order chi connectivity index (χ0) is 20.4. The van der Waals surface area contributed by atoms with Gasteiger partial charge in [-0.05, 0) is 12.8 Å². The summed E-state index contributed by atoms with van der Waals surface area (Å²) in [5, 5.41) is 0. The van der Waals surface area contributed by atoms with Crippen molar-refractivity contribution in [1.82, 2.24) is 14.7 Å². The molecule has 0 aromatic rings. The Morgan fingerprint density at radius 3 is 2.00 bits per heavy atom. The second-order valence-corrected chi connectivity index (χ2v) is 7.34. The molecule has 1 saturated carbocycles. The highest BCUT2D eigenvalue weighted by molar-refractivity contribution is 5.72. The van der Waals surface area contributed by atoms with Crippen LogP contribution >= 0.6 is 0 Å². The number of hydrogen-bond donors (Lipinski definition) is 0. The third-order valence-corrected chi connectivity index (χ3v) is 5.76. The fraction of sp³-hybridized carbons (Fsp3) is 0.895. The van der Waals surface area contributed by atoms with Crippen molar-refractivity contribution in [3.05, 3.63) is 0 Å². The maximum absolute atomic E-state index is 12.0. The topological polar surface area (TPSA) is 80.8 Å². The summed E-state index contributed by atoms with van der Waals surface area (Å²) in [4.78, 5) is 40.5. The fourth-order valence-electron chi connectivity index (χ4n) is 4.27. The Morgan fingerprint density at radius 1 is 0.821 bits per heavy atom. The second kappa shape index (κ2) is 12.3. The molecule has 28 heavy (non-hydrogen) atoms. The summed E-state index contributed by atoms with van der Waals surface area (Å²) < 4.78 is 9.78. The molecule has 1 aliphatic carbocycles. The van der Waals surface area contributed by atoms with Gasteiger partial charge in [-0.25, -0.2) is 9.78 Å². The van der Waals surface area contributed by atoms with E-state index >= 15 is 0 Å². The van der Waals surface area contributed by atoms with Crippen molar-refractivity contribution < 1.29 is 28.8 Å². The lowest BCUT2D eigenvalue weighted by Gasteiger charge is -2.44. The van der Waals surface area contributed by atoms with Gasteiger partial charge in [0, 0.05) is 44.8 Å². The van der Waals surface area contributed by atoms with Gasteiger partial charge in [0.2, 0.25) is 0 Å². The highest BCUT2D eigenvalue weighted by atomic mass is 17.2. The van der Waals surface area contributed by atoms with Crippen LogP contribution in [-0.2, 0) is 28.8 Å². The Bertz CT molecular complexity index is 492. The van der Waals surface area contributed by atoms with Crippen LogP contribution in [0.15, 0.2) is 0 Å². The van der Waals surface area contributed by atoms with Crippen LogP contribution < -0.4 is 0 Å². The molecule has 9 heteroatoms. The van der Waals surface area contributed by atoms with Crippen molar-refractivity contribution >= 4 is 11.9 Å². The van der Waals surface area contributed by atoms with Crippen LogP contribution in [0.25, 0.3) is 0 Å². The molecule has 0 aromatic carbocycles. The molecule has 2 atom stereocenters. The highest BCUT2D eigenvalue weighted by Crippen LogP contribution is 2.28. The van der Waals surface area contributed by atoms with Crippen molar-refractivity contribution in [3.63, 3.8) is 0 Å². The van der Waals surface area contributed by atoms with E-state index in [1.807, 2.05) is 0 Å². The molecule has 1 aliphatic heterocycles. The molecular weight excluding hydrogens is 366 g/mol. The first-order chi connectivity index (χ1) is 13.6. The van der Waals surface area contributed by atoms with Crippen LogP contribution in [0.4, 0.5) is 0 Å². The number of hydrogen-bond acceptors (Lipinski definition) is 9. The quantitative estimate of drug-likeness (QED) is 0.244. The number of nitrogens with zero attached hydrogens (tertiary/aromatic N) is 3. The summed E-state index contributed by atoms with van der Waals surface area (Å²) in [7, 11) is 4.35. The molecule has 2 unspecified atom stereocenters. The van der Waals surface area contributed by atoms with E-state index in [-0.39, 0.29) is 31.1 Å². The normalized spacial score (nSPS) is 25.2. The van der Waals surface area contributed by atoms with Crippen molar-refractivity contribution in [1.29, 1.82) is 0 Å². The molecule has 0 bridgehead atoms. The van der Waals surface area contributed by atoms with Crippen molar-refractivity contribution in [3.8, 4) is 0 Å². The van der Waals surface area contributed by atoms with E-state index in [0.29, 0.717) is 19.2 Å². The maximum Gasteiger partial charge on any atom is 0.319 e. The first kappa shape index (κ1) is 23.0. The van der Waals surface area contributed by atoms with Gasteiger partial charge in [0.1, 0.15) is 0 Å². The van der Waals surface area contributed by atoms with E-state index in [4.69, 9.17) is 19.2 Å².